The number of carbonyl (C=O) groups excluding carboxylic acids is 1. The molecule has 0 atom stereocenters. The second kappa shape index (κ2) is 7.19. The van der Waals surface area contributed by atoms with E-state index >= 15 is 0 Å². The number of amides is 1. The SMILES string of the molecule is C=CCN(CC(=O)NCC)Cc1cccs1. The largest absolute Gasteiger partial charge is 0.355 e. The smallest absolute Gasteiger partial charge is 0.234 e. The van der Waals surface area contributed by atoms with E-state index in [4.69, 9.17) is 0 Å². The zero-order valence-electron chi connectivity index (χ0n) is 9.61. The van der Waals surface area contributed by atoms with E-state index in [-0.39, 0.29) is 5.91 Å². The summed E-state index contributed by atoms with van der Waals surface area (Å²) in [7, 11) is 0. The molecule has 0 aliphatic rings. The van der Waals surface area contributed by atoms with Gasteiger partial charge in [0, 0.05) is 24.5 Å². The molecule has 4 heteroatoms. The van der Waals surface area contributed by atoms with Gasteiger partial charge in [-0.15, -0.1) is 17.9 Å². The van der Waals surface area contributed by atoms with E-state index in [9.17, 15) is 4.79 Å². The van der Waals surface area contributed by atoms with Crippen molar-refractivity contribution >= 4 is 17.2 Å². The van der Waals surface area contributed by atoms with Crippen LogP contribution in [0, 0.1) is 0 Å². The summed E-state index contributed by atoms with van der Waals surface area (Å²) in [5, 5.41) is 4.85. The van der Waals surface area contributed by atoms with E-state index in [0.717, 1.165) is 13.1 Å². The molecule has 1 aromatic rings. The van der Waals surface area contributed by atoms with Crippen LogP contribution in [0.15, 0.2) is 30.2 Å². The highest BCUT2D eigenvalue weighted by atomic mass is 32.1. The van der Waals surface area contributed by atoms with Crippen molar-refractivity contribution in [2.24, 2.45) is 0 Å². The molecule has 1 aromatic heterocycles. The number of likely N-dealkylation sites (N-methyl/N-ethyl adjacent to an activating group) is 1. The van der Waals surface area contributed by atoms with Gasteiger partial charge in [-0.3, -0.25) is 9.69 Å². The van der Waals surface area contributed by atoms with Crippen molar-refractivity contribution in [1.82, 2.24) is 10.2 Å². The number of hydrogen-bond donors (Lipinski definition) is 1. The van der Waals surface area contributed by atoms with Crippen molar-refractivity contribution in [3.8, 4) is 0 Å². The lowest BCUT2D eigenvalue weighted by atomic mass is 10.3. The van der Waals surface area contributed by atoms with Crippen molar-refractivity contribution in [3.63, 3.8) is 0 Å². The molecule has 0 fully saturated rings. The van der Waals surface area contributed by atoms with Gasteiger partial charge in [-0.1, -0.05) is 12.1 Å². The van der Waals surface area contributed by atoms with Crippen LogP contribution in [0.1, 0.15) is 11.8 Å². The Morgan fingerprint density at radius 2 is 2.50 bits per heavy atom. The lowest BCUT2D eigenvalue weighted by Crippen LogP contribution is -2.36. The molecule has 88 valence electrons. The Kier molecular flexibility index (Phi) is 5.82. The van der Waals surface area contributed by atoms with Crippen LogP contribution in [-0.4, -0.2) is 30.4 Å². The molecule has 0 saturated heterocycles. The summed E-state index contributed by atoms with van der Waals surface area (Å²) in [6, 6.07) is 4.11. The Labute approximate surface area is 101 Å². The maximum atomic E-state index is 11.5. The topological polar surface area (TPSA) is 32.3 Å². The van der Waals surface area contributed by atoms with Gasteiger partial charge in [-0.2, -0.15) is 0 Å². The van der Waals surface area contributed by atoms with Crippen LogP contribution in [0.25, 0.3) is 0 Å². The zero-order chi connectivity index (χ0) is 11.8. The van der Waals surface area contributed by atoms with E-state index in [1.54, 1.807) is 11.3 Å². The molecule has 0 saturated carbocycles. The highest BCUT2D eigenvalue weighted by Gasteiger charge is 2.09. The summed E-state index contributed by atoms with van der Waals surface area (Å²) in [5.74, 6) is 0.0703. The first-order valence-corrected chi connectivity index (χ1v) is 6.26. The standard InChI is InChI=1S/C12H18N2OS/c1-3-7-14(10-12(15)13-4-2)9-11-6-5-8-16-11/h3,5-6,8H,1,4,7,9-10H2,2H3,(H,13,15). The van der Waals surface area contributed by atoms with Gasteiger partial charge in [0.1, 0.15) is 0 Å². The molecule has 3 nitrogen and oxygen atoms in total. The molecule has 1 heterocycles. The quantitative estimate of drug-likeness (QED) is 0.736. The van der Waals surface area contributed by atoms with Crippen LogP contribution >= 0.6 is 11.3 Å². The summed E-state index contributed by atoms with van der Waals surface area (Å²) < 4.78 is 0. The molecule has 0 aromatic carbocycles. The number of thiophene rings is 1. The van der Waals surface area contributed by atoms with Gasteiger partial charge in [0.2, 0.25) is 5.91 Å². The normalized spacial score (nSPS) is 10.4. The first-order valence-electron chi connectivity index (χ1n) is 5.38. The average Bonchev–Trinajstić information content (AvgIpc) is 2.71. The molecule has 0 aliphatic carbocycles. The molecule has 0 aliphatic heterocycles. The van der Waals surface area contributed by atoms with Crippen LogP contribution in [-0.2, 0) is 11.3 Å². The molecular formula is C12H18N2OS. The van der Waals surface area contributed by atoms with E-state index in [0.29, 0.717) is 13.1 Å². The van der Waals surface area contributed by atoms with Crippen LogP contribution < -0.4 is 5.32 Å². The second-order valence-electron chi connectivity index (χ2n) is 3.49. The number of nitrogens with one attached hydrogen (secondary N) is 1. The summed E-state index contributed by atoms with van der Waals surface area (Å²) in [4.78, 5) is 14.8. The Hall–Kier alpha value is -1.13. The summed E-state index contributed by atoms with van der Waals surface area (Å²) in [6.45, 7) is 8.28. The molecule has 16 heavy (non-hydrogen) atoms. The van der Waals surface area contributed by atoms with Crippen LogP contribution in [0.5, 0.6) is 0 Å². The maximum Gasteiger partial charge on any atom is 0.234 e. The van der Waals surface area contributed by atoms with E-state index in [1.165, 1.54) is 4.88 Å². The van der Waals surface area contributed by atoms with Crippen molar-refractivity contribution in [1.29, 1.82) is 0 Å². The van der Waals surface area contributed by atoms with Gasteiger partial charge in [-0.05, 0) is 18.4 Å². The summed E-state index contributed by atoms with van der Waals surface area (Å²) >= 11 is 1.71. The summed E-state index contributed by atoms with van der Waals surface area (Å²) in [6.07, 6.45) is 1.83. The van der Waals surface area contributed by atoms with Gasteiger partial charge < -0.3 is 5.32 Å². The molecule has 0 radical (unpaired) electrons. The van der Waals surface area contributed by atoms with E-state index < -0.39 is 0 Å². The highest BCUT2D eigenvalue weighted by Crippen LogP contribution is 2.11. The fraction of sp³-hybridized carbons (Fsp3) is 0.417. The van der Waals surface area contributed by atoms with Crippen molar-refractivity contribution in [2.75, 3.05) is 19.6 Å². The lowest BCUT2D eigenvalue weighted by molar-refractivity contribution is -0.122. The minimum atomic E-state index is 0.0703. The molecule has 1 rings (SSSR count). The third-order valence-electron chi connectivity index (χ3n) is 2.09. The lowest BCUT2D eigenvalue weighted by Gasteiger charge is -2.18. The minimum Gasteiger partial charge on any atom is -0.355 e. The van der Waals surface area contributed by atoms with E-state index in [2.05, 4.69) is 22.9 Å². The third-order valence-corrected chi connectivity index (χ3v) is 2.95. The van der Waals surface area contributed by atoms with Crippen molar-refractivity contribution < 1.29 is 4.79 Å². The Bertz CT molecular complexity index is 322. The third kappa shape index (κ3) is 4.59. The fourth-order valence-corrected chi connectivity index (χ4v) is 2.19. The maximum absolute atomic E-state index is 11.5. The fourth-order valence-electron chi connectivity index (χ4n) is 1.45. The first kappa shape index (κ1) is 12.9. The Morgan fingerprint density at radius 3 is 3.06 bits per heavy atom. The van der Waals surface area contributed by atoms with Crippen LogP contribution in [0.2, 0.25) is 0 Å². The zero-order valence-corrected chi connectivity index (χ0v) is 10.4. The van der Waals surface area contributed by atoms with Crippen molar-refractivity contribution in [2.45, 2.75) is 13.5 Å². The monoisotopic (exact) mass is 238 g/mol. The van der Waals surface area contributed by atoms with Gasteiger partial charge >= 0.3 is 0 Å². The number of nitrogens with zero attached hydrogens (tertiary/aromatic N) is 1. The predicted octanol–water partition coefficient (Wildman–Crippen LogP) is 1.87. The summed E-state index contributed by atoms with van der Waals surface area (Å²) in [5.41, 5.74) is 0. The second-order valence-corrected chi connectivity index (χ2v) is 4.52. The van der Waals surface area contributed by atoms with Gasteiger partial charge in [0.05, 0.1) is 6.54 Å². The average molecular weight is 238 g/mol. The van der Waals surface area contributed by atoms with E-state index in [1.807, 2.05) is 24.4 Å². The predicted molar refractivity (Wildman–Crippen MR) is 68.5 cm³/mol. The molecule has 1 N–H and O–H groups in total. The number of carbonyl (C=O) groups is 1. The van der Waals surface area contributed by atoms with Crippen LogP contribution in [0.4, 0.5) is 0 Å². The van der Waals surface area contributed by atoms with Crippen molar-refractivity contribution in [3.05, 3.63) is 35.0 Å². The Morgan fingerprint density at radius 1 is 1.69 bits per heavy atom. The Balaban J connectivity index is 2.47. The molecule has 1 amide bonds. The van der Waals surface area contributed by atoms with Gasteiger partial charge in [0.25, 0.3) is 0 Å². The minimum absolute atomic E-state index is 0.0703. The number of hydrogen-bond acceptors (Lipinski definition) is 3. The number of rotatable bonds is 7. The molecule has 0 unspecified atom stereocenters. The highest BCUT2D eigenvalue weighted by molar-refractivity contribution is 7.09. The van der Waals surface area contributed by atoms with Crippen LogP contribution in [0.3, 0.4) is 0 Å². The van der Waals surface area contributed by atoms with Gasteiger partial charge in [0.15, 0.2) is 0 Å². The molecule has 0 spiro atoms. The first-order chi connectivity index (χ1) is 7.76. The van der Waals surface area contributed by atoms with Gasteiger partial charge in [-0.25, -0.2) is 0 Å². The molecule has 0 bridgehead atoms. The molecular weight excluding hydrogens is 220 g/mol.